The summed E-state index contributed by atoms with van der Waals surface area (Å²) in [5.74, 6) is -1.61. The number of aryl methyl sites for hydroxylation is 1. The fourth-order valence-electron chi connectivity index (χ4n) is 2.57. The standard InChI is InChI=1S/C16H19Cl2NO5/c1-7-10(13(21)23-5)8(2)19-11(7)12(20)9(3)24-14(22)15(4)6-16(15,17)18/h9,19H,6H2,1-5H3/t9-,15-/m1/s1. The number of ether oxygens (including phenoxy) is 2. The highest BCUT2D eigenvalue weighted by Gasteiger charge is 2.69. The Balaban J connectivity index is 2.18. The van der Waals surface area contributed by atoms with E-state index in [1.54, 1.807) is 20.8 Å². The Morgan fingerprint density at radius 3 is 2.25 bits per heavy atom. The van der Waals surface area contributed by atoms with E-state index in [1.165, 1.54) is 14.0 Å². The van der Waals surface area contributed by atoms with Gasteiger partial charge in [0.25, 0.3) is 0 Å². The number of hydrogen-bond donors (Lipinski definition) is 1. The van der Waals surface area contributed by atoms with Crippen molar-refractivity contribution in [1.82, 2.24) is 4.98 Å². The molecule has 1 aliphatic carbocycles. The number of nitrogens with one attached hydrogen (secondary N) is 1. The van der Waals surface area contributed by atoms with E-state index < -0.39 is 33.6 Å². The molecule has 2 rings (SSSR count). The molecule has 1 aromatic rings. The van der Waals surface area contributed by atoms with Gasteiger partial charge in [-0.3, -0.25) is 9.59 Å². The van der Waals surface area contributed by atoms with Crippen molar-refractivity contribution in [2.24, 2.45) is 5.41 Å². The number of carbonyl (C=O) groups excluding carboxylic acids is 3. The van der Waals surface area contributed by atoms with Gasteiger partial charge in [-0.25, -0.2) is 4.79 Å². The molecule has 1 N–H and O–H groups in total. The van der Waals surface area contributed by atoms with Crippen LogP contribution in [0.15, 0.2) is 0 Å². The number of Topliss-reactive ketones (excluding diaryl/α,β-unsaturated/α-hetero) is 1. The molecule has 0 bridgehead atoms. The van der Waals surface area contributed by atoms with Gasteiger partial charge in [-0.05, 0) is 33.3 Å². The van der Waals surface area contributed by atoms with Crippen molar-refractivity contribution in [1.29, 1.82) is 0 Å². The third-order valence-corrected chi connectivity index (χ3v) is 5.54. The molecule has 1 fully saturated rings. The Labute approximate surface area is 149 Å². The van der Waals surface area contributed by atoms with Gasteiger partial charge >= 0.3 is 11.9 Å². The lowest BCUT2D eigenvalue weighted by molar-refractivity contribution is -0.152. The molecule has 24 heavy (non-hydrogen) atoms. The Morgan fingerprint density at radius 2 is 1.79 bits per heavy atom. The number of methoxy groups -OCH3 is 1. The lowest BCUT2D eigenvalue weighted by Gasteiger charge is -2.16. The van der Waals surface area contributed by atoms with Gasteiger partial charge in [0.2, 0.25) is 5.78 Å². The van der Waals surface area contributed by atoms with Crippen molar-refractivity contribution in [3.8, 4) is 0 Å². The van der Waals surface area contributed by atoms with E-state index >= 15 is 0 Å². The van der Waals surface area contributed by atoms with Crippen LogP contribution in [0, 0.1) is 19.3 Å². The van der Waals surface area contributed by atoms with E-state index in [2.05, 4.69) is 4.98 Å². The average molecular weight is 376 g/mol. The monoisotopic (exact) mass is 375 g/mol. The van der Waals surface area contributed by atoms with E-state index in [0.29, 0.717) is 16.8 Å². The second-order valence-electron chi connectivity index (χ2n) is 6.24. The second-order valence-corrected chi connectivity index (χ2v) is 7.73. The fraction of sp³-hybridized carbons (Fsp3) is 0.562. The van der Waals surface area contributed by atoms with Crippen LogP contribution in [0.25, 0.3) is 0 Å². The van der Waals surface area contributed by atoms with Crippen molar-refractivity contribution < 1.29 is 23.9 Å². The highest BCUT2D eigenvalue weighted by Crippen LogP contribution is 2.64. The van der Waals surface area contributed by atoms with E-state index in [0.717, 1.165) is 0 Å². The number of rotatable bonds is 5. The van der Waals surface area contributed by atoms with Crippen molar-refractivity contribution in [2.75, 3.05) is 7.11 Å². The number of aromatic amines is 1. The lowest BCUT2D eigenvalue weighted by Crippen LogP contribution is -2.30. The van der Waals surface area contributed by atoms with Gasteiger partial charge in [-0.2, -0.15) is 0 Å². The molecule has 0 aliphatic heterocycles. The molecule has 0 radical (unpaired) electrons. The number of hydrogen-bond acceptors (Lipinski definition) is 5. The van der Waals surface area contributed by atoms with Crippen LogP contribution < -0.4 is 0 Å². The molecule has 0 aromatic carbocycles. The van der Waals surface area contributed by atoms with Crippen LogP contribution in [0.5, 0.6) is 0 Å². The quantitative estimate of drug-likeness (QED) is 0.485. The maximum Gasteiger partial charge on any atom is 0.339 e. The van der Waals surface area contributed by atoms with Crippen molar-refractivity contribution in [3.05, 3.63) is 22.5 Å². The molecule has 1 aromatic heterocycles. The number of aromatic nitrogens is 1. The third-order valence-electron chi connectivity index (χ3n) is 4.43. The Hall–Kier alpha value is -1.53. The van der Waals surface area contributed by atoms with Crippen molar-refractivity contribution >= 4 is 40.9 Å². The fourth-order valence-corrected chi connectivity index (χ4v) is 3.26. The highest BCUT2D eigenvalue weighted by atomic mass is 35.5. The van der Waals surface area contributed by atoms with Crippen molar-refractivity contribution in [2.45, 2.75) is 44.6 Å². The zero-order valence-corrected chi connectivity index (χ0v) is 15.6. The van der Waals surface area contributed by atoms with Crippen LogP contribution in [-0.4, -0.2) is 40.3 Å². The summed E-state index contributed by atoms with van der Waals surface area (Å²) in [4.78, 5) is 39.4. The van der Waals surface area contributed by atoms with Gasteiger partial charge < -0.3 is 14.5 Å². The van der Waals surface area contributed by atoms with Gasteiger partial charge in [0, 0.05) is 12.1 Å². The maximum atomic E-state index is 12.6. The number of alkyl halides is 2. The average Bonchev–Trinajstić information content (AvgIpc) is 2.88. The first kappa shape index (κ1) is 18.8. The van der Waals surface area contributed by atoms with Crippen LogP contribution >= 0.6 is 23.2 Å². The summed E-state index contributed by atoms with van der Waals surface area (Å²) in [7, 11) is 1.26. The minimum Gasteiger partial charge on any atom is -0.465 e. The molecule has 0 unspecified atom stereocenters. The summed E-state index contributed by atoms with van der Waals surface area (Å²) in [6.45, 7) is 6.34. The summed E-state index contributed by atoms with van der Waals surface area (Å²) in [5, 5.41) is 0. The van der Waals surface area contributed by atoms with Gasteiger partial charge in [0.15, 0.2) is 6.10 Å². The van der Waals surface area contributed by atoms with Gasteiger partial charge in [0.1, 0.15) is 9.75 Å². The topological polar surface area (TPSA) is 85.5 Å². The largest absolute Gasteiger partial charge is 0.465 e. The predicted molar refractivity (Wildman–Crippen MR) is 88.7 cm³/mol. The minimum absolute atomic E-state index is 0.206. The minimum atomic E-state index is -1.16. The summed E-state index contributed by atoms with van der Waals surface area (Å²) in [6.07, 6.45) is -0.767. The summed E-state index contributed by atoms with van der Waals surface area (Å²) >= 11 is 11.9. The Morgan fingerprint density at radius 1 is 1.25 bits per heavy atom. The third kappa shape index (κ3) is 2.93. The summed E-state index contributed by atoms with van der Waals surface area (Å²) < 4.78 is 8.77. The zero-order chi connectivity index (χ0) is 18.4. The van der Waals surface area contributed by atoms with E-state index in [1.807, 2.05) is 0 Å². The van der Waals surface area contributed by atoms with Crippen LogP contribution in [0.2, 0.25) is 0 Å². The second kappa shape index (κ2) is 6.08. The molecule has 6 nitrogen and oxygen atoms in total. The van der Waals surface area contributed by atoms with Gasteiger partial charge in [-0.1, -0.05) is 0 Å². The Kier molecular flexibility index (Phi) is 4.76. The van der Waals surface area contributed by atoms with E-state index in [9.17, 15) is 14.4 Å². The Bertz CT molecular complexity index is 724. The predicted octanol–water partition coefficient (Wildman–Crippen LogP) is 3.12. The zero-order valence-electron chi connectivity index (χ0n) is 14.1. The van der Waals surface area contributed by atoms with Crippen molar-refractivity contribution in [3.63, 3.8) is 0 Å². The molecule has 8 heteroatoms. The normalized spacial score (nSPS) is 22.6. The lowest BCUT2D eigenvalue weighted by atomic mass is 10.1. The maximum absolute atomic E-state index is 12.6. The van der Waals surface area contributed by atoms with E-state index in [4.69, 9.17) is 32.7 Å². The molecular weight excluding hydrogens is 357 g/mol. The first-order chi connectivity index (χ1) is 11.0. The number of ketones is 1. The number of esters is 2. The summed E-state index contributed by atoms with van der Waals surface area (Å²) in [5.41, 5.74) is 0.457. The molecule has 0 saturated heterocycles. The molecule has 1 saturated carbocycles. The van der Waals surface area contributed by atoms with Crippen LogP contribution in [0.3, 0.4) is 0 Å². The molecule has 1 aliphatic rings. The number of carbonyl (C=O) groups is 3. The smallest absolute Gasteiger partial charge is 0.339 e. The van der Waals surface area contributed by atoms with Crippen LogP contribution in [0.1, 0.15) is 52.4 Å². The molecular formula is C16H19Cl2NO5. The molecule has 0 amide bonds. The molecule has 2 atom stereocenters. The van der Waals surface area contributed by atoms with Gasteiger partial charge in [0.05, 0.1) is 18.4 Å². The SMILES string of the molecule is COC(=O)c1c(C)[nH]c(C(=O)[C@@H](C)OC(=O)[C@@]2(C)CC2(Cl)Cl)c1C. The van der Waals surface area contributed by atoms with Gasteiger partial charge in [-0.15, -0.1) is 23.2 Å². The number of H-pyrrole nitrogens is 1. The first-order valence-corrected chi connectivity index (χ1v) is 8.12. The van der Waals surface area contributed by atoms with Crippen LogP contribution in [0.4, 0.5) is 0 Å². The summed E-state index contributed by atoms with van der Waals surface area (Å²) in [6, 6.07) is 0. The van der Waals surface area contributed by atoms with Crippen LogP contribution in [-0.2, 0) is 14.3 Å². The van der Waals surface area contributed by atoms with E-state index in [-0.39, 0.29) is 12.1 Å². The first-order valence-electron chi connectivity index (χ1n) is 7.37. The molecule has 0 spiro atoms. The number of halogens is 2. The molecule has 1 heterocycles. The molecule has 132 valence electrons. The highest BCUT2D eigenvalue weighted by molar-refractivity contribution is 6.53.